The Morgan fingerprint density at radius 3 is 2.78 bits per heavy atom. The van der Waals surface area contributed by atoms with Gasteiger partial charge in [-0.3, -0.25) is 9.69 Å². The van der Waals surface area contributed by atoms with Crippen molar-refractivity contribution in [2.75, 3.05) is 19.6 Å². The molecule has 2 saturated heterocycles. The number of piperazine rings is 1. The van der Waals surface area contributed by atoms with Crippen LogP contribution in [-0.4, -0.2) is 52.4 Å². The van der Waals surface area contributed by atoms with Gasteiger partial charge >= 0.3 is 0 Å². The number of piperidine rings is 1. The Bertz CT molecular complexity index is 347. The topological polar surface area (TPSA) is 49.6 Å². The molecule has 2 fully saturated rings. The lowest BCUT2D eigenvalue weighted by atomic mass is 9.96. The molecule has 2 aliphatic heterocycles. The van der Waals surface area contributed by atoms with Crippen LogP contribution in [0.2, 0.25) is 0 Å². The molecule has 0 bridgehead atoms. The summed E-state index contributed by atoms with van der Waals surface area (Å²) >= 11 is 4.94. The molecule has 0 radical (unpaired) electrons. The summed E-state index contributed by atoms with van der Waals surface area (Å²) in [5.41, 5.74) is 5.59. The molecule has 2 N–H and O–H groups in total. The monoisotopic (exact) mass is 269 g/mol. The van der Waals surface area contributed by atoms with Crippen LogP contribution in [0.25, 0.3) is 0 Å². The highest BCUT2D eigenvalue weighted by Gasteiger charge is 2.36. The Balaban J connectivity index is 2.04. The fraction of sp³-hybridized carbons (Fsp3) is 0.846. The molecule has 0 aliphatic carbocycles. The molecule has 3 unspecified atom stereocenters. The van der Waals surface area contributed by atoms with Gasteiger partial charge in [0.1, 0.15) is 0 Å². The quantitative estimate of drug-likeness (QED) is 0.760. The van der Waals surface area contributed by atoms with Crippen LogP contribution in [-0.2, 0) is 4.79 Å². The van der Waals surface area contributed by atoms with E-state index >= 15 is 0 Å². The van der Waals surface area contributed by atoms with Crippen molar-refractivity contribution in [2.24, 2.45) is 11.7 Å². The smallest absolute Gasteiger partial charge is 0.232 e. The van der Waals surface area contributed by atoms with E-state index in [4.69, 9.17) is 18.0 Å². The lowest BCUT2D eigenvalue weighted by Gasteiger charge is -2.48. The summed E-state index contributed by atoms with van der Waals surface area (Å²) in [5, 5.41) is 0. The lowest BCUT2D eigenvalue weighted by Crippen LogP contribution is -2.61. The molecule has 18 heavy (non-hydrogen) atoms. The van der Waals surface area contributed by atoms with Crippen molar-refractivity contribution >= 4 is 23.1 Å². The highest BCUT2D eigenvalue weighted by atomic mass is 32.1. The zero-order valence-corrected chi connectivity index (χ0v) is 12.1. The number of nitrogens with two attached hydrogens (primary N) is 1. The van der Waals surface area contributed by atoms with Gasteiger partial charge in [0.2, 0.25) is 5.91 Å². The number of hydrogen-bond acceptors (Lipinski definition) is 3. The van der Waals surface area contributed by atoms with E-state index in [0.29, 0.717) is 11.0 Å². The minimum atomic E-state index is -0.336. The van der Waals surface area contributed by atoms with Gasteiger partial charge in [0, 0.05) is 25.2 Å². The van der Waals surface area contributed by atoms with E-state index in [1.807, 2.05) is 11.8 Å². The first-order valence-corrected chi connectivity index (χ1v) is 7.25. The fourth-order valence-electron chi connectivity index (χ4n) is 3.03. The highest BCUT2D eigenvalue weighted by molar-refractivity contribution is 7.80. The van der Waals surface area contributed by atoms with Gasteiger partial charge in [-0.1, -0.05) is 18.6 Å². The Hall–Kier alpha value is -0.680. The number of thiocarbonyl (C=S) groups is 1. The second-order valence-electron chi connectivity index (χ2n) is 5.61. The first-order valence-electron chi connectivity index (χ1n) is 6.84. The van der Waals surface area contributed by atoms with E-state index < -0.39 is 0 Å². The van der Waals surface area contributed by atoms with E-state index in [1.54, 1.807) is 0 Å². The minimum absolute atomic E-state index is 0.0974. The predicted molar refractivity (Wildman–Crippen MR) is 76.3 cm³/mol. The average Bonchev–Trinajstić information content (AvgIpc) is 2.36. The molecular formula is C13H23N3OS. The number of nitrogens with zero attached hydrogens (tertiary/aromatic N) is 2. The van der Waals surface area contributed by atoms with Gasteiger partial charge in [-0.05, 0) is 33.2 Å². The van der Waals surface area contributed by atoms with Crippen molar-refractivity contribution in [3.63, 3.8) is 0 Å². The zero-order valence-electron chi connectivity index (χ0n) is 11.3. The number of carbonyl (C=O) groups is 1. The predicted octanol–water partition coefficient (Wildman–Crippen LogP) is 0.994. The van der Waals surface area contributed by atoms with Crippen molar-refractivity contribution in [3.05, 3.63) is 0 Å². The number of amides is 1. The number of fused-ring (bicyclic) bond motifs is 1. The summed E-state index contributed by atoms with van der Waals surface area (Å²) in [6.07, 6.45) is 3.78. The van der Waals surface area contributed by atoms with Crippen LogP contribution in [0.5, 0.6) is 0 Å². The van der Waals surface area contributed by atoms with E-state index in [1.165, 1.54) is 25.8 Å². The molecule has 3 atom stereocenters. The largest absolute Gasteiger partial charge is 0.393 e. The van der Waals surface area contributed by atoms with Gasteiger partial charge in [-0.2, -0.15) is 0 Å². The number of hydrogen-bond donors (Lipinski definition) is 1. The maximum atomic E-state index is 12.4. The Labute approximate surface area is 114 Å². The van der Waals surface area contributed by atoms with E-state index in [9.17, 15) is 4.79 Å². The summed E-state index contributed by atoms with van der Waals surface area (Å²) in [4.78, 5) is 17.2. The summed E-state index contributed by atoms with van der Waals surface area (Å²) < 4.78 is 0. The van der Waals surface area contributed by atoms with Crippen LogP contribution in [0, 0.1) is 5.92 Å². The second-order valence-corrected chi connectivity index (χ2v) is 6.08. The average molecular weight is 269 g/mol. The molecule has 0 aromatic rings. The third-order valence-corrected chi connectivity index (χ3v) is 4.62. The molecule has 4 nitrogen and oxygen atoms in total. The van der Waals surface area contributed by atoms with Gasteiger partial charge in [-0.15, -0.1) is 0 Å². The van der Waals surface area contributed by atoms with E-state index in [0.717, 1.165) is 13.1 Å². The molecule has 2 rings (SSSR count). The summed E-state index contributed by atoms with van der Waals surface area (Å²) in [6.45, 7) is 6.94. The van der Waals surface area contributed by atoms with Gasteiger partial charge in [0.05, 0.1) is 10.9 Å². The molecule has 102 valence electrons. The Morgan fingerprint density at radius 1 is 1.39 bits per heavy atom. The van der Waals surface area contributed by atoms with Crippen molar-refractivity contribution in [3.8, 4) is 0 Å². The van der Waals surface area contributed by atoms with Crippen molar-refractivity contribution in [1.82, 2.24) is 9.80 Å². The van der Waals surface area contributed by atoms with Gasteiger partial charge in [0.25, 0.3) is 0 Å². The fourth-order valence-corrected chi connectivity index (χ4v) is 3.13. The summed E-state index contributed by atoms with van der Waals surface area (Å²) in [6, 6.07) is 0.807. The number of rotatable bonds is 2. The standard InChI is InChI=1S/C13H23N3OS/c1-9-7-15-6-4-3-5-11(15)8-16(9)13(17)10(2)12(14)18/h9-11H,3-8H2,1-2H3,(H2,14,18). The van der Waals surface area contributed by atoms with Crippen molar-refractivity contribution < 1.29 is 4.79 Å². The molecule has 0 spiro atoms. The molecule has 5 heteroatoms. The first-order chi connectivity index (χ1) is 8.50. The van der Waals surface area contributed by atoms with Crippen LogP contribution in [0.4, 0.5) is 0 Å². The van der Waals surface area contributed by atoms with Crippen molar-refractivity contribution in [1.29, 1.82) is 0 Å². The molecule has 2 heterocycles. The Morgan fingerprint density at radius 2 is 2.11 bits per heavy atom. The van der Waals surface area contributed by atoms with Gasteiger partial charge in [0.15, 0.2) is 0 Å². The third kappa shape index (κ3) is 2.67. The highest BCUT2D eigenvalue weighted by Crippen LogP contribution is 2.25. The van der Waals surface area contributed by atoms with Crippen LogP contribution in [0.1, 0.15) is 33.1 Å². The molecule has 1 amide bonds. The van der Waals surface area contributed by atoms with E-state index in [2.05, 4.69) is 11.8 Å². The third-order valence-electron chi connectivity index (χ3n) is 4.27. The normalized spacial score (nSPS) is 30.7. The molecular weight excluding hydrogens is 246 g/mol. The van der Waals surface area contributed by atoms with Gasteiger partial charge in [-0.25, -0.2) is 0 Å². The summed E-state index contributed by atoms with van der Waals surface area (Å²) in [7, 11) is 0. The Kier molecular flexibility index (Phi) is 4.22. The second kappa shape index (κ2) is 5.53. The zero-order chi connectivity index (χ0) is 13.3. The molecule has 0 saturated carbocycles. The van der Waals surface area contributed by atoms with Crippen LogP contribution < -0.4 is 5.73 Å². The lowest BCUT2D eigenvalue weighted by molar-refractivity contribution is -0.139. The SMILES string of the molecule is CC(C(=O)N1CC2CCCCN2CC1C)C(N)=S. The van der Waals surface area contributed by atoms with Crippen LogP contribution in [0.15, 0.2) is 0 Å². The van der Waals surface area contributed by atoms with Crippen molar-refractivity contribution in [2.45, 2.75) is 45.2 Å². The van der Waals surface area contributed by atoms with E-state index in [-0.39, 0.29) is 17.9 Å². The van der Waals surface area contributed by atoms with Crippen LogP contribution >= 0.6 is 12.2 Å². The summed E-state index contributed by atoms with van der Waals surface area (Å²) in [5.74, 6) is -0.238. The molecule has 0 aromatic carbocycles. The molecule has 0 aromatic heterocycles. The van der Waals surface area contributed by atoms with Crippen LogP contribution in [0.3, 0.4) is 0 Å². The molecule has 2 aliphatic rings. The minimum Gasteiger partial charge on any atom is -0.393 e. The van der Waals surface area contributed by atoms with Gasteiger partial charge < -0.3 is 10.6 Å². The maximum absolute atomic E-state index is 12.4. The number of carbonyl (C=O) groups excluding carboxylic acids is 1. The maximum Gasteiger partial charge on any atom is 0.232 e. The first kappa shape index (κ1) is 13.7.